The molecule has 0 radical (unpaired) electrons. The average molecular weight is 325 g/mol. The highest BCUT2D eigenvalue weighted by atomic mass is 32.2. The summed E-state index contributed by atoms with van der Waals surface area (Å²) >= 11 is 0. The molecule has 1 aliphatic rings. The number of sulfonamides is 1. The van der Waals surface area contributed by atoms with Gasteiger partial charge in [0.2, 0.25) is 10.0 Å². The van der Waals surface area contributed by atoms with Gasteiger partial charge in [-0.1, -0.05) is 26.0 Å². The van der Waals surface area contributed by atoms with Crippen LogP contribution in [0.25, 0.3) is 0 Å². The van der Waals surface area contributed by atoms with Crippen molar-refractivity contribution in [1.82, 2.24) is 4.31 Å². The van der Waals surface area contributed by atoms with Gasteiger partial charge in [0.25, 0.3) is 0 Å². The largest absolute Gasteiger partial charge is 0.396 e. The Morgan fingerprint density at radius 3 is 2.14 bits per heavy atom. The third-order valence-electron chi connectivity index (χ3n) is 4.81. The van der Waals surface area contributed by atoms with Crippen LogP contribution in [0.5, 0.6) is 0 Å². The Bertz CT molecular complexity index is 572. The van der Waals surface area contributed by atoms with Crippen molar-refractivity contribution < 1.29 is 13.5 Å². The minimum Gasteiger partial charge on any atom is -0.396 e. The standard InChI is InChI=1S/C17H27NO3S/c1-13(2)15-6-10-17(11-7-15)22(20,21)18(3)16-8-4-14(12-19)5-9-16/h6-7,10-11,13-14,16,19H,4-5,8-9,12H2,1-3H3. The van der Waals surface area contributed by atoms with Crippen LogP contribution in [0.4, 0.5) is 0 Å². The van der Waals surface area contributed by atoms with Gasteiger partial charge in [-0.25, -0.2) is 8.42 Å². The van der Waals surface area contributed by atoms with Crippen LogP contribution in [-0.4, -0.2) is 37.5 Å². The van der Waals surface area contributed by atoms with Gasteiger partial charge in [-0.3, -0.25) is 0 Å². The summed E-state index contributed by atoms with van der Waals surface area (Å²) in [5.74, 6) is 0.723. The fraction of sp³-hybridized carbons (Fsp3) is 0.647. The molecule has 0 saturated heterocycles. The third-order valence-corrected chi connectivity index (χ3v) is 6.74. The molecule has 0 atom stereocenters. The van der Waals surface area contributed by atoms with Gasteiger partial charge in [0.1, 0.15) is 0 Å². The SMILES string of the molecule is CC(C)c1ccc(S(=O)(=O)N(C)C2CCC(CO)CC2)cc1. The van der Waals surface area contributed by atoms with Crippen LogP contribution >= 0.6 is 0 Å². The number of hydrogen-bond donors (Lipinski definition) is 1. The number of benzene rings is 1. The van der Waals surface area contributed by atoms with Crippen molar-refractivity contribution in [3.8, 4) is 0 Å². The molecule has 0 spiro atoms. The number of aliphatic hydroxyl groups is 1. The summed E-state index contributed by atoms with van der Waals surface area (Å²) in [6.07, 6.45) is 3.44. The molecule has 1 fully saturated rings. The Balaban J connectivity index is 2.12. The van der Waals surface area contributed by atoms with E-state index in [2.05, 4.69) is 13.8 Å². The molecule has 1 aliphatic carbocycles. The van der Waals surface area contributed by atoms with Gasteiger partial charge in [-0.05, 0) is 55.2 Å². The fourth-order valence-corrected chi connectivity index (χ4v) is 4.49. The lowest BCUT2D eigenvalue weighted by Gasteiger charge is -2.33. The highest BCUT2D eigenvalue weighted by Gasteiger charge is 2.31. The van der Waals surface area contributed by atoms with E-state index >= 15 is 0 Å². The van der Waals surface area contributed by atoms with Crippen molar-refractivity contribution in [2.45, 2.75) is 56.4 Å². The Morgan fingerprint density at radius 1 is 1.14 bits per heavy atom. The molecule has 124 valence electrons. The summed E-state index contributed by atoms with van der Waals surface area (Å²) in [6.45, 7) is 4.39. The van der Waals surface area contributed by atoms with E-state index in [4.69, 9.17) is 0 Å². The van der Waals surface area contributed by atoms with E-state index < -0.39 is 10.0 Å². The predicted octanol–water partition coefficient (Wildman–Crippen LogP) is 2.98. The molecule has 0 aromatic heterocycles. The van der Waals surface area contributed by atoms with Crippen LogP contribution in [-0.2, 0) is 10.0 Å². The lowest BCUT2D eigenvalue weighted by atomic mass is 9.87. The van der Waals surface area contributed by atoms with Crippen LogP contribution in [0.3, 0.4) is 0 Å². The van der Waals surface area contributed by atoms with E-state index in [1.165, 1.54) is 4.31 Å². The van der Waals surface area contributed by atoms with Gasteiger partial charge in [0.15, 0.2) is 0 Å². The first kappa shape index (κ1) is 17.4. The zero-order valence-electron chi connectivity index (χ0n) is 13.7. The molecule has 4 nitrogen and oxygen atoms in total. The van der Waals surface area contributed by atoms with Crippen LogP contribution in [0, 0.1) is 5.92 Å². The lowest BCUT2D eigenvalue weighted by Crippen LogP contribution is -2.39. The zero-order valence-corrected chi connectivity index (χ0v) is 14.5. The third kappa shape index (κ3) is 3.70. The molecular weight excluding hydrogens is 298 g/mol. The highest BCUT2D eigenvalue weighted by Crippen LogP contribution is 2.30. The topological polar surface area (TPSA) is 57.6 Å². The van der Waals surface area contributed by atoms with Crippen LogP contribution < -0.4 is 0 Å². The molecule has 0 bridgehead atoms. The maximum Gasteiger partial charge on any atom is 0.243 e. The van der Waals surface area contributed by atoms with E-state index in [1.807, 2.05) is 12.1 Å². The Morgan fingerprint density at radius 2 is 1.68 bits per heavy atom. The average Bonchev–Trinajstić information content (AvgIpc) is 2.54. The second kappa shape index (κ2) is 7.11. The van der Waals surface area contributed by atoms with Crippen molar-refractivity contribution >= 4 is 10.0 Å². The first-order chi connectivity index (χ1) is 10.4. The van der Waals surface area contributed by atoms with Crippen LogP contribution in [0.15, 0.2) is 29.2 Å². The first-order valence-corrected chi connectivity index (χ1v) is 9.49. The van der Waals surface area contributed by atoms with Crippen molar-refractivity contribution in [3.05, 3.63) is 29.8 Å². The molecule has 0 aliphatic heterocycles. The number of aliphatic hydroxyl groups excluding tert-OH is 1. The molecule has 1 N–H and O–H groups in total. The minimum atomic E-state index is -3.43. The number of rotatable bonds is 5. The van der Waals surface area contributed by atoms with Crippen LogP contribution in [0.2, 0.25) is 0 Å². The Kier molecular flexibility index (Phi) is 5.64. The van der Waals surface area contributed by atoms with Gasteiger partial charge < -0.3 is 5.11 Å². The number of nitrogens with zero attached hydrogens (tertiary/aromatic N) is 1. The monoisotopic (exact) mass is 325 g/mol. The summed E-state index contributed by atoms with van der Waals surface area (Å²) in [5.41, 5.74) is 1.14. The fourth-order valence-electron chi connectivity index (χ4n) is 3.08. The number of hydrogen-bond acceptors (Lipinski definition) is 3. The second-order valence-corrected chi connectivity index (χ2v) is 8.60. The van der Waals surface area contributed by atoms with Crippen molar-refractivity contribution in [2.24, 2.45) is 5.92 Å². The van der Waals surface area contributed by atoms with E-state index in [9.17, 15) is 13.5 Å². The van der Waals surface area contributed by atoms with Crippen LogP contribution in [0.1, 0.15) is 51.0 Å². The smallest absolute Gasteiger partial charge is 0.243 e. The molecule has 0 heterocycles. The van der Waals surface area contributed by atoms with Crippen molar-refractivity contribution in [1.29, 1.82) is 0 Å². The van der Waals surface area contributed by atoms with Gasteiger partial charge >= 0.3 is 0 Å². The predicted molar refractivity (Wildman–Crippen MR) is 88.3 cm³/mol. The highest BCUT2D eigenvalue weighted by molar-refractivity contribution is 7.89. The molecule has 0 unspecified atom stereocenters. The quantitative estimate of drug-likeness (QED) is 0.905. The van der Waals surface area contributed by atoms with Crippen molar-refractivity contribution in [2.75, 3.05) is 13.7 Å². The Hall–Kier alpha value is -0.910. The van der Waals surface area contributed by atoms with E-state index in [1.54, 1.807) is 19.2 Å². The molecule has 22 heavy (non-hydrogen) atoms. The molecule has 1 aromatic carbocycles. The molecular formula is C17H27NO3S. The first-order valence-electron chi connectivity index (χ1n) is 8.05. The molecule has 1 aromatic rings. The Labute approximate surface area is 134 Å². The molecule has 2 rings (SSSR count). The molecule has 5 heteroatoms. The molecule has 0 amide bonds. The zero-order chi connectivity index (χ0) is 16.3. The lowest BCUT2D eigenvalue weighted by molar-refractivity contribution is 0.159. The second-order valence-electron chi connectivity index (χ2n) is 6.60. The molecule has 1 saturated carbocycles. The van der Waals surface area contributed by atoms with E-state index in [0.717, 1.165) is 31.2 Å². The van der Waals surface area contributed by atoms with Gasteiger partial charge in [-0.15, -0.1) is 0 Å². The maximum absolute atomic E-state index is 12.7. The van der Waals surface area contributed by atoms with Gasteiger partial charge in [0.05, 0.1) is 4.90 Å². The van der Waals surface area contributed by atoms with Crippen molar-refractivity contribution in [3.63, 3.8) is 0 Å². The summed E-state index contributed by atoms with van der Waals surface area (Å²) in [7, 11) is -1.76. The van der Waals surface area contributed by atoms with E-state index in [0.29, 0.717) is 16.7 Å². The minimum absolute atomic E-state index is 0.0394. The van der Waals surface area contributed by atoms with Gasteiger partial charge in [-0.2, -0.15) is 4.31 Å². The van der Waals surface area contributed by atoms with E-state index in [-0.39, 0.29) is 12.6 Å². The summed E-state index contributed by atoms with van der Waals surface area (Å²) in [5, 5.41) is 9.19. The summed E-state index contributed by atoms with van der Waals surface area (Å²) < 4.78 is 27.0. The normalized spacial score (nSPS) is 23.2. The summed E-state index contributed by atoms with van der Waals surface area (Å²) in [6, 6.07) is 7.25. The summed E-state index contributed by atoms with van der Waals surface area (Å²) in [4.78, 5) is 0.365. The maximum atomic E-state index is 12.7. The van der Waals surface area contributed by atoms with Gasteiger partial charge in [0, 0.05) is 19.7 Å².